The predicted octanol–water partition coefficient (Wildman–Crippen LogP) is 8.86. The van der Waals surface area contributed by atoms with Crippen LogP contribution in [0.15, 0.2) is 121 Å². The van der Waals surface area contributed by atoms with Crippen LogP contribution in [0.2, 0.25) is 0 Å². The second kappa shape index (κ2) is 9.83. The van der Waals surface area contributed by atoms with Gasteiger partial charge in [-0.15, -0.1) is 0 Å². The van der Waals surface area contributed by atoms with Crippen molar-refractivity contribution < 1.29 is 0 Å². The number of hydrogen-bond acceptors (Lipinski definition) is 4. The highest BCUT2D eigenvalue weighted by Crippen LogP contribution is 2.35. The van der Waals surface area contributed by atoms with E-state index in [9.17, 15) is 0 Å². The van der Waals surface area contributed by atoms with Crippen LogP contribution in [0.1, 0.15) is 11.4 Å². The summed E-state index contributed by atoms with van der Waals surface area (Å²) in [4.78, 5) is 19.7. The lowest BCUT2D eigenvalue weighted by Gasteiger charge is -2.13. The van der Waals surface area contributed by atoms with Crippen molar-refractivity contribution in [2.45, 2.75) is 13.8 Å². The summed E-state index contributed by atoms with van der Waals surface area (Å²) >= 11 is 0. The molecule has 0 N–H and O–H groups in total. The Hall–Kier alpha value is -5.22. The molecule has 7 rings (SSSR count). The molecule has 40 heavy (non-hydrogen) atoms. The first kappa shape index (κ1) is 23.9. The van der Waals surface area contributed by atoms with Gasteiger partial charge in [0.15, 0.2) is 5.82 Å². The Balaban J connectivity index is 1.41. The van der Waals surface area contributed by atoms with Crippen LogP contribution < -0.4 is 0 Å². The summed E-state index contributed by atoms with van der Waals surface area (Å²) < 4.78 is 0. The maximum Gasteiger partial charge on any atom is 0.160 e. The van der Waals surface area contributed by atoms with Gasteiger partial charge in [-0.1, -0.05) is 97.1 Å². The predicted molar refractivity (Wildman–Crippen MR) is 164 cm³/mol. The minimum Gasteiger partial charge on any atom is -0.251 e. The van der Waals surface area contributed by atoms with Gasteiger partial charge in [0.05, 0.1) is 22.4 Å². The van der Waals surface area contributed by atoms with Gasteiger partial charge in [-0.3, -0.25) is 9.97 Å². The fourth-order valence-corrected chi connectivity index (χ4v) is 5.25. The van der Waals surface area contributed by atoms with Gasteiger partial charge >= 0.3 is 0 Å². The van der Waals surface area contributed by atoms with Crippen LogP contribution in [0.5, 0.6) is 0 Å². The third-order valence-electron chi connectivity index (χ3n) is 7.20. The van der Waals surface area contributed by atoms with Crippen LogP contribution in [0.3, 0.4) is 0 Å². The first-order valence-electron chi connectivity index (χ1n) is 13.4. The number of pyridine rings is 2. The van der Waals surface area contributed by atoms with Crippen molar-refractivity contribution in [3.63, 3.8) is 0 Å². The fourth-order valence-electron chi connectivity index (χ4n) is 5.25. The summed E-state index contributed by atoms with van der Waals surface area (Å²) in [5.74, 6) is 0.709. The van der Waals surface area contributed by atoms with Gasteiger partial charge in [0.1, 0.15) is 0 Å². The molecule has 0 saturated heterocycles. The topological polar surface area (TPSA) is 51.6 Å². The fraction of sp³-hybridized carbons (Fsp3) is 0.0556. The maximum absolute atomic E-state index is 5.03. The smallest absolute Gasteiger partial charge is 0.160 e. The molecule has 3 heterocycles. The van der Waals surface area contributed by atoms with E-state index in [4.69, 9.17) is 19.9 Å². The van der Waals surface area contributed by atoms with Gasteiger partial charge in [-0.05, 0) is 49.2 Å². The third kappa shape index (κ3) is 4.40. The lowest BCUT2D eigenvalue weighted by molar-refractivity contribution is 1.18. The van der Waals surface area contributed by atoms with Crippen molar-refractivity contribution in [2.75, 3.05) is 0 Å². The zero-order chi connectivity index (χ0) is 27.1. The summed E-state index contributed by atoms with van der Waals surface area (Å²) in [6.45, 7) is 4.07. The largest absolute Gasteiger partial charge is 0.251 e. The monoisotopic (exact) mass is 514 g/mol. The van der Waals surface area contributed by atoms with E-state index in [2.05, 4.69) is 78.9 Å². The van der Waals surface area contributed by atoms with E-state index in [0.717, 1.165) is 72.4 Å². The molecule has 0 aliphatic rings. The Labute approximate surface area is 233 Å². The molecule has 0 amide bonds. The number of aromatic nitrogens is 4. The summed E-state index contributed by atoms with van der Waals surface area (Å²) in [5.41, 5.74) is 10.9. The average molecular weight is 515 g/mol. The first-order chi connectivity index (χ1) is 19.6. The molecule has 0 spiro atoms. The number of nitrogens with zero attached hydrogens (tertiary/aromatic N) is 4. The van der Waals surface area contributed by atoms with Gasteiger partial charge < -0.3 is 0 Å². The highest BCUT2D eigenvalue weighted by molar-refractivity contribution is 6.08. The summed E-state index contributed by atoms with van der Waals surface area (Å²) in [7, 11) is 0. The number of hydrogen-bond donors (Lipinski definition) is 0. The molecule has 3 aromatic heterocycles. The molecule has 0 aliphatic heterocycles. The van der Waals surface area contributed by atoms with E-state index in [1.807, 2.05) is 56.3 Å². The molecule has 0 saturated carbocycles. The Bertz CT molecular complexity index is 1960. The summed E-state index contributed by atoms with van der Waals surface area (Å²) in [6, 6.07) is 41.7. The minimum atomic E-state index is 0.709. The number of aryl methyl sites for hydroxylation is 2. The van der Waals surface area contributed by atoms with Crippen molar-refractivity contribution in [3.8, 4) is 45.0 Å². The van der Waals surface area contributed by atoms with E-state index in [0.29, 0.717) is 5.82 Å². The second-order valence-electron chi connectivity index (χ2n) is 10.1. The minimum absolute atomic E-state index is 0.709. The number of benzene rings is 4. The second-order valence-corrected chi connectivity index (χ2v) is 10.1. The molecule has 0 atom stereocenters. The molecule has 0 aliphatic carbocycles. The summed E-state index contributed by atoms with van der Waals surface area (Å²) in [6.07, 6.45) is 0. The molecule has 190 valence electrons. The SMILES string of the molecule is Cc1ccc2ccc3c(-c4cccc(-c5cc(-c6ccccc6)nc(-c6ccccc6)n5)c4)cc(C)nc3c2n1. The quantitative estimate of drug-likeness (QED) is 0.220. The molecule has 0 fully saturated rings. The highest BCUT2D eigenvalue weighted by Gasteiger charge is 2.14. The van der Waals surface area contributed by atoms with Crippen molar-refractivity contribution in [2.24, 2.45) is 0 Å². The van der Waals surface area contributed by atoms with Crippen molar-refractivity contribution in [1.82, 2.24) is 19.9 Å². The van der Waals surface area contributed by atoms with E-state index >= 15 is 0 Å². The van der Waals surface area contributed by atoms with Crippen molar-refractivity contribution in [3.05, 3.63) is 133 Å². The lowest BCUT2D eigenvalue weighted by atomic mass is 9.96. The average Bonchev–Trinajstić information content (AvgIpc) is 3.01. The van der Waals surface area contributed by atoms with Crippen LogP contribution in [-0.4, -0.2) is 19.9 Å². The summed E-state index contributed by atoms with van der Waals surface area (Å²) in [5, 5.41) is 2.18. The normalized spacial score (nSPS) is 11.2. The number of fused-ring (bicyclic) bond motifs is 3. The standard InChI is InChI=1S/C36H26N4/c1-23-16-17-26-18-19-30-31(20-24(2)38-35(30)34(26)37-23)28-14-9-15-29(21-28)33-22-32(25-10-5-3-6-11-25)39-36(40-33)27-12-7-4-8-13-27/h3-22H,1-2H3. The van der Waals surface area contributed by atoms with Crippen LogP contribution in [-0.2, 0) is 0 Å². The van der Waals surface area contributed by atoms with Crippen molar-refractivity contribution in [1.29, 1.82) is 0 Å². The van der Waals surface area contributed by atoms with Gasteiger partial charge in [-0.2, -0.15) is 0 Å². The third-order valence-corrected chi connectivity index (χ3v) is 7.20. The Kier molecular flexibility index (Phi) is 5.86. The first-order valence-corrected chi connectivity index (χ1v) is 13.4. The molecule has 4 aromatic carbocycles. The van der Waals surface area contributed by atoms with E-state index < -0.39 is 0 Å². The molecule has 0 bridgehead atoms. The van der Waals surface area contributed by atoms with Gasteiger partial charge in [-0.25, -0.2) is 9.97 Å². The van der Waals surface area contributed by atoms with Gasteiger partial charge in [0, 0.05) is 38.9 Å². The zero-order valence-corrected chi connectivity index (χ0v) is 22.3. The molecule has 0 radical (unpaired) electrons. The molecular weight excluding hydrogens is 488 g/mol. The van der Waals surface area contributed by atoms with E-state index in [1.165, 1.54) is 0 Å². The molecule has 0 unspecified atom stereocenters. The van der Waals surface area contributed by atoms with Crippen LogP contribution in [0.4, 0.5) is 0 Å². The number of rotatable bonds is 4. The molecule has 4 heteroatoms. The van der Waals surface area contributed by atoms with E-state index in [-0.39, 0.29) is 0 Å². The maximum atomic E-state index is 5.03. The molecule has 4 nitrogen and oxygen atoms in total. The lowest BCUT2D eigenvalue weighted by Crippen LogP contribution is -1.96. The Morgan fingerprint density at radius 1 is 0.425 bits per heavy atom. The zero-order valence-electron chi connectivity index (χ0n) is 22.3. The molecule has 7 aromatic rings. The highest BCUT2D eigenvalue weighted by atomic mass is 14.9. The molecular formula is C36H26N4. The Morgan fingerprint density at radius 2 is 1.05 bits per heavy atom. The van der Waals surface area contributed by atoms with Crippen LogP contribution in [0, 0.1) is 13.8 Å². The Morgan fingerprint density at radius 3 is 1.82 bits per heavy atom. The van der Waals surface area contributed by atoms with Gasteiger partial charge in [0.2, 0.25) is 0 Å². The van der Waals surface area contributed by atoms with Crippen molar-refractivity contribution >= 4 is 21.8 Å². The van der Waals surface area contributed by atoms with Gasteiger partial charge in [0.25, 0.3) is 0 Å². The van der Waals surface area contributed by atoms with E-state index in [1.54, 1.807) is 0 Å². The van der Waals surface area contributed by atoms with Crippen LogP contribution >= 0.6 is 0 Å². The van der Waals surface area contributed by atoms with Crippen LogP contribution in [0.25, 0.3) is 66.8 Å².